The van der Waals surface area contributed by atoms with Gasteiger partial charge in [0.1, 0.15) is 6.61 Å². The van der Waals surface area contributed by atoms with Crippen LogP contribution in [0.3, 0.4) is 0 Å². The molecule has 0 aliphatic carbocycles. The number of nitrogens with two attached hydrogens (primary N) is 1. The number of esters is 2. The predicted octanol–water partition coefficient (Wildman–Crippen LogP) is 13.6. The lowest BCUT2D eigenvalue weighted by molar-refractivity contribution is -0.161. The topological polar surface area (TPSA) is 155 Å². The molecule has 358 valence electrons. The highest BCUT2D eigenvalue weighted by Crippen LogP contribution is 2.43. The van der Waals surface area contributed by atoms with E-state index in [0.29, 0.717) is 25.7 Å². The fourth-order valence-electron chi connectivity index (χ4n) is 6.57. The number of ether oxygens (including phenoxy) is 2. The van der Waals surface area contributed by atoms with Crippen LogP contribution in [-0.4, -0.2) is 60.5 Å². The molecule has 0 radical (unpaired) electrons. The van der Waals surface area contributed by atoms with Crippen LogP contribution in [0.5, 0.6) is 0 Å². The molecular formula is C51H90NO9P. The molecule has 0 amide bonds. The number of phosphoric ester groups is 1. The zero-order chi connectivity index (χ0) is 45.5. The average molecular weight is 892 g/mol. The number of hydrogen-bond donors (Lipinski definition) is 3. The molecule has 0 aromatic rings. The van der Waals surface area contributed by atoms with Crippen molar-refractivity contribution in [3.05, 3.63) is 72.9 Å². The van der Waals surface area contributed by atoms with E-state index < -0.39 is 38.6 Å². The summed E-state index contributed by atoms with van der Waals surface area (Å²) >= 11 is 0. The van der Waals surface area contributed by atoms with E-state index >= 15 is 0 Å². The van der Waals surface area contributed by atoms with E-state index in [0.717, 1.165) is 32.1 Å². The Bertz CT molecular complexity index is 1260. The molecule has 0 fully saturated rings. The monoisotopic (exact) mass is 892 g/mol. The molecule has 0 saturated carbocycles. The molecule has 10 nitrogen and oxygen atoms in total. The number of carbonyl (C=O) groups is 2. The van der Waals surface area contributed by atoms with E-state index in [1.54, 1.807) is 6.08 Å². The standard InChI is InChI=1S/C51H90NO9P/c1-3-5-7-9-11-12-13-14-15-16-17-18-19-20-21-22-23-27-30-34-38-42-50(54)58-46-49(47-60-62(56,57)59-45-44-52)61-51(55)43-39-35-31-28-25-24-26-29-33-37-41-48(53)40-36-32-10-8-6-4-2/h6,8,24-25,29,31-33,35-37,41,48-49,53H,3-5,7,9-23,26-28,30,34,38-40,42-47,52H2,1-2H3,(H,56,57)/b8-6-,25-24-,33-29-,35-31-,36-32-,41-37+/t48?,49-/m1/s1. The summed E-state index contributed by atoms with van der Waals surface area (Å²) in [4.78, 5) is 35.0. The first-order valence-corrected chi connectivity index (χ1v) is 26.0. The van der Waals surface area contributed by atoms with Crippen molar-refractivity contribution in [1.82, 2.24) is 0 Å². The summed E-state index contributed by atoms with van der Waals surface area (Å²) in [5, 5.41) is 10.0. The first-order valence-electron chi connectivity index (χ1n) is 24.5. The maximum Gasteiger partial charge on any atom is 0.472 e. The molecule has 0 aromatic heterocycles. The van der Waals surface area contributed by atoms with Gasteiger partial charge in [0.15, 0.2) is 6.10 Å². The van der Waals surface area contributed by atoms with Crippen LogP contribution in [0.2, 0.25) is 0 Å². The minimum atomic E-state index is -4.42. The van der Waals surface area contributed by atoms with Gasteiger partial charge in [-0.3, -0.25) is 18.6 Å². The maximum atomic E-state index is 12.6. The van der Waals surface area contributed by atoms with Gasteiger partial charge in [0.2, 0.25) is 0 Å². The quantitative estimate of drug-likeness (QED) is 0.0177. The Hall–Kier alpha value is -2.59. The third-order valence-electron chi connectivity index (χ3n) is 10.2. The molecule has 0 spiro atoms. The van der Waals surface area contributed by atoms with Crippen molar-refractivity contribution in [2.75, 3.05) is 26.4 Å². The number of aliphatic hydroxyl groups is 1. The summed E-state index contributed by atoms with van der Waals surface area (Å²) in [6, 6.07) is 0. The van der Waals surface area contributed by atoms with Crippen molar-refractivity contribution in [2.45, 2.75) is 212 Å². The van der Waals surface area contributed by atoms with E-state index in [9.17, 15) is 24.2 Å². The molecule has 0 aromatic carbocycles. The van der Waals surface area contributed by atoms with Crippen LogP contribution in [0.15, 0.2) is 72.9 Å². The Morgan fingerprint density at radius 1 is 0.581 bits per heavy atom. The highest BCUT2D eigenvalue weighted by molar-refractivity contribution is 7.47. The third kappa shape index (κ3) is 45.4. The molecule has 62 heavy (non-hydrogen) atoms. The highest BCUT2D eigenvalue weighted by atomic mass is 31.2. The van der Waals surface area contributed by atoms with Crippen LogP contribution in [0.25, 0.3) is 0 Å². The van der Waals surface area contributed by atoms with E-state index in [1.807, 2.05) is 48.6 Å². The first kappa shape index (κ1) is 59.4. The predicted molar refractivity (Wildman–Crippen MR) is 258 cm³/mol. The largest absolute Gasteiger partial charge is 0.472 e. The second-order valence-corrected chi connectivity index (χ2v) is 17.6. The van der Waals surface area contributed by atoms with Gasteiger partial charge in [-0.2, -0.15) is 0 Å². The number of unbranched alkanes of at least 4 members (excludes halogenated alkanes) is 20. The molecule has 0 aliphatic heterocycles. The number of carbonyl (C=O) groups excluding carboxylic acids is 2. The van der Waals surface area contributed by atoms with Crippen LogP contribution >= 0.6 is 7.82 Å². The molecule has 4 N–H and O–H groups in total. The van der Waals surface area contributed by atoms with Crippen LogP contribution in [0.1, 0.15) is 200 Å². The summed E-state index contributed by atoms with van der Waals surface area (Å²) in [5.74, 6) is -0.954. The van der Waals surface area contributed by atoms with Crippen LogP contribution in [-0.2, 0) is 32.7 Å². The lowest BCUT2D eigenvalue weighted by Crippen LogP contribution is -2.29. The fourth-order valence-corrected chi connectivity index (χ4v) is 7.33. The van der Waals surface area contributed by atoms with Crippen LogP contribution in [0.4, 0.5) is 0 Å². The summed E-state index contributed by atoms with van der Waals surface area (Å²) < 4.78 is 32.8. The zero-order valence-electron chi connectivity index (χ0n) is 39.2. The van der Waals surface area contributed by atoms with Crippen molar-refractivity contribution < 1.29 is 42.7 Å². The Morgan fingerprint density at radius 3 is 1.63 bits per heavy atom. The zero-order valence-corrected chi connectivity index (χ0v) is 40.1. The van der Waals surface area contributed by atoms with Crippen molar-refractivity contribution in [2.24, 2.45) is 5.73 Å². The Balaban J connectivity index is 4.22. The van der Waals surface area contributed by atoms with E-state index in [-0.39, 0.29) is 32.6 Å². The van der Waals surface area contributed by atoms with Crippen LogP contribution < -0.4 is 5.73 Å². The highest BCUT2D eigenvalue weighted by Gasteiger charge is 2.25. The Labute approximate surface area is 378 Å². The number of aliphatic hydroxyl groups excluding tert-OH is 1. The summed E-state index contributed by atoms with van der Waals surface area (Å²) in [6.45, 7) is 3.47. The Morgan fingerprint density at radius 2 is 1.08 bits per heavy atom. The van der Waals surface area contributed by atoms with Gasteiger partial charge >= 0.3 is 19.8 Å². The lowest BCUT2D eigenvalue weighted by Gasteiger charge is -2.19. The van der Waals surface area contributed by atoms with Gasteiger partial charge in [0.25, 0.3) is 0 Å². The SMILES string of the molecule is CC/C=C\C/C=C\CC(O)/C=C/C=C\C/C=C\C/C=C\CCC(=O)O[C@H](COC(=O)CCCCCCCCCCCCCCCCCCCCCCC)COP(=O)(O)OCCN. The van der Waals surface area contributed by atoms with Crippen molar-refractivity contribution >= 4 is 19.8 Å². The Kier molecular flexibility index (Phi) is 44.5. The number of phosphoric acid groups is 1. The number of hydrogen-bond acceptors (Lipinski definition) is 9. The average Bonchev–Trinajstić information content (AvgIpc) is 3.26. The van der Waals surface area contributed by atoms with Crippen molar-refractivity contribution in [3.8, 4) is 0 Å². The number of rotatable bonds is 45. The molecule has 3 atom stereocenters. The molecule has 2 unspecified atom stereocenters. The smallest absolute Gasteiger partial charge is 0.462 e. The second-order valence-electron chi connectivity index (χ2n) is 16.2. The minimum Gasteiger partial charge on any atom is -0.462 e. The second kappa shape index (κ2) is 46.4. The molecule has 11 heteroatoms. The van der Waals surface area contributed by atoms with Gasteiger partial charge in [-0.05, 0) is 44.9 Å². The normalized spacial score (nSPS) is 14.3. The van der Waals surface area contributed by atoms with Gasteiger partial charge < -0.3 is 25.2 Å². The summed E-state index contributed by atoms with van der Waals surface area (Å²) in [5.41, 5.74) is 5.35. The molecule has 0 aliphatic rings. The van der Waals surface area contributed by atoms with Gasteiger partial charge in [-0.15, -0.1) is 0 Å². The van der Waals surface area contributed by atoms with E-state index in [4.69, 9.17) is 24.3 Å². The van der Waals surface area contributed by atoms with Gasteiger partial charge in [-0.1, -0.05) is 215 Å². The third-order valence-corrected chi connectivity index (χ3v) is 11.2. The fraction of sp³-hybridized carbons (Fsp3) is 0.725. The van der Waals surface area contributed by atoms with E-state index in [1.165, 1.54) is 116 Å². The molecule has 0 bridgehead atoms. The summed E-state index contributed by atoms with van der Waals surface area (Å²) in [6.07, 6.45) is 54.1. The van der Waals surface area contributed by atoms with Crippen molar-refractivity contribution in [3.63, 3.8) is 0 Å². The van der Waals surface area contributed by atoms with Gasteiger partial charge in [-0.25, -0.2) is 4.57 Å². The maximum absolute atomic E-state index is 12.6. The molecule has 0 saturated heterocycles. The van der Waals surface area contributed by atoms with Gasteiger partial charge in [0, 0.05) is 19.4 Å². The lowest BCUT2D eigenvalue weighted by atomic mass is 10.0. The molecule has 0 rings (SSSR count). The molecule has 0 heterocycles. The van der Waals surface area contributed by atoms with Crippen molar-refractivity contribution in [1.29, 1.82) is 0 Å². The van der Waals surface area contributed by atoms with Gasteiger partial charge in [0.05, 0.1) is 19.3 Å². The minimum absolute atomic E-state index is 0.0314. The summed E-state index contributed by atoms with van der Waals surface area (Å²) in [7, 11) is -4.42. The van der Waals surface area contributed by atoms with E-state index in [2.05, 4.69) is 32.1 Å². The first-order chi connectivity index (χ1) is 30.2. The van der Waals surface area contributed by atoms with Crippen LogP contribution in [0, 0.1) is 0 Å². The number of allylic oxidation sites excluding steroid dienone is 10. The molecular weight excluding hydrogens is 802 g/mol.